The lowest BCUT2D eigenvalue weighted by Crippen LogP contribution is -2.26. The monoisotopic (exact) mass is 235 g/mol. The lowest BCUT2D eigenvalue weighted by Gasteiger charge is -2.19. The van der Waals surface area contributed by atoms with E-state index in [1.165, 1.54) is 28.9 Å². The molecule has 1 aliphatic rings. The molecule has 88 valence electrons. The van der Waals surface area contributed by atoms with Gasteiger partial charge in [-0.3, -0.25) is 0 Å². The fourth-order valence-electron chi connectivity index (χ4n) is 2.47. The normalized spacial score (nSPS) is 23.4. The summed E-state index contributed by atoms with van der Waals surface area (Å²) in [7, 11) is 0. The van der Waals surface area contributed by atoms with Crippen molar-refractivity contribution in [1.29, 1.82) is 0 Å². The minimum Gasteiger partial charge on any atom is -0.309 e. The van der Waals surface area contributed by atoms with E-state index in [0.29, 0.717) is 6.04 Å². The highest BCUT2D eigenvalue weighted by Crippen LogP contribution is 2.47. The van der Waals surface area contributed by atoms with Gasteiger partial charge in [-0.25, -0.2) is 0 Å². The molecule has 2 heteroatoms. The summed E-state index contributed by atoms with van der Waals surface area (Å²) in [6, 6.07) is 7.26. The molecular formula is C14H21NS. The third-order valence-electron chi connectivity index (χ3n) is 3.22. The van der Waals surface area contributed by atoms with Crippen LogP contribution in [0, 0.1) is 6.92 Å². The maximum atomic E-state index is 3.64. The van der Waals surface area contributed by atoms with Crippen molar-refractivity contribution in [1.82, 2.24) is 5.32 Å². The first-order valence-electron chi connectivity index (χ1n) is 6.27. The molecule has 0 fully saturated rings. The highest BCUT2D eigenvalue weighted by molar-refractivity contribution is 8.00. The average molecular weight is 235 g/mol. The molecule has 2 atom stereocenters. The Bertz CT molecular complexity index is 362. The zero-order chi connectivity index (χ0) is 11.5. The van der Waals surface area contributed by atoms with E-state index >= 15 is 0 Å². The van der Waals surface area contributed by atoms with Gasteiger partial charge in [0.25, 0.3) is 0 Å². The minimum atomic E-state index is 0.560. The van der Waals surface area contributed by atoms with Crippen molar-refractivity contribution < 1.29 is 0 Å². The first-order valence-corrected chi connectivity index (χ1v) is 7.15. The Kier molecular flexibility index (Phi) is 3.93. The van der Waals surface area contributed by atoms with E-state index in [1.807, 2.05) is 0 Å². The van der Waals surface area contributed by atoms with Gasteiger partial charge < -0.3 is 5.32 Å². The van der Waals surface area contributed by atoms with Crippen LogP contribution in [0.4, 0.5) is 0 Å². The number of benzene rings is 1. The molecule has 0 spiro atoms. The van der Waals surface area contributed by atoms with Crippen molar-refractivity contribution in [3.63, 3.8) is 0 Å². The van der Waals surface area contributed by atoms with Crippen LogP contribution in [-0.4, -0.2) is 11.8 Å². The summed E-state index contributed by atoms with van der Waals surface area (Å²) in [5.41, 5.74) is 2.95. The second-order valence-electron chi connectivity index (χ2n) is 4.47. The van der Waals surface area contributed by atoms with Crippen LogP contribution in [0.3, 0.4) is 0 Å². The van der Waals surface area contributed by atoms with E-state index in [4.69, 9.17) is 0 Å². The Labute approximate surface area is 103 Å². The topological polar surface area (TPSA) is 12.0 Å². The minimum absolute atomic E-state index is 0.560. The highest BCUT2D eigenvalue weighted by Gasteiger charge is 2.32. The zero-order valence-corrected chi connectivity index (χ0v) is 11.2. The van der Waals surface area contributed by atoms with E-state index in [-0.39, 0.29) is 0 Å². The van der Waals surface area contributed by atoms with Gasteiger partial charge in [-0.05, 0) is 31.0 Å². The largest absolute Gasteiger partial charge is 0.309 e. The maximum absolute atomic E-state index is 3.64. The van der Waals surface area contributed by atoms with Crippen LogP contribution >= 0.6 is 11.8 Å². The average Bonchev–Trinajstić information content (AvgIpc) is 2.61. The molecule has 16 heavy (non-hydrogen) atoms. The van der Waals surface area contributed by atoms with Gasteiger partial charge in [-0.1, -0.05) is 38.5 Å². The standard InChI is InChI=1S/C14H21NS/c1-4-7-12-13(15-5-2)11-9-6-8-10(3)14(11)16-12/h6,8-9,12-13,15H,4-5,7H2,1-3H3. The number of hydrogen-bond acceptors (Lipinski definition) is 2. The Balaban J connectivity index is 2.29. The lowest BCUT2D eigenvalue weighted by molar-refractivity contribution is 0.513. The van der Waals surface area contributed by atoms with Gasteiger partial charge in [0.15, 0.2) is 0 Å². The van der Waals surface area contributed by atoms with E-state index in [1.54, 1.807) is 0 Å². The summed E-state index contributed by atoms with van der Waals surface area (Å²) in [4.78, 5) is 1.52. The zero-order valence-electron chi connectivity index (χ0n) is 10.4. The molecular weight excluding hydrogens is 214 g/mol. The van der Waals surface area contributed by atoms with Crippen LogP contribution in [0.25, 0.3) is 0 Å². The van der Waals surface area contributed by atoms with Gasteiger partial charge in [0.1, 0.15) is 0 Å². The molecule has 1 aliphatic heterocycles. The van der Waals surface area contributed by atoms with E-state index in [0.717, 1.165) is 11.8 Å². The van der Waals surface area contributed by atoms with Crippen molar-refractivity contribution >= 4 is 11.8 Å². The van der Waals surface area contributed by atoms with Crippen molar-refractivity contribution in [2.45, 2.75) is 49.8 Å². The third-order valence-corrected chi connectivity index (χ3v) is 4.82. The highest BCUT2D eigenvalue weighted by atomic mass is 32.2. The molecule has 0 saturated carbocycles. The summed E-state index contributed by atoms with van der Waals surface area (Å²) in [5, 5.41) is 4.37. The second-order valence-corrected chi connectivity index (χ2v) is 5.72. The fourth-order valence-corrected chi connectivity index (χ4v) is 4.09. The third kappa shape index (κ3) is 2.14. The number of aryl methyl sites for hydroxylation is 1. The molecule has 0 saturated heterocycles. The van der Waals surface area contributed by atoms with Crippen molar-refractivity contribution in [3.05, 3.63) is 29.3 Å². The Morgan fingerprint density at radius 2 is 2.12 bits per heavy atom. The Morgan fingerprint density at radius 1 is 1.31 bits per heavy atom. The van der Waals surface area contributed by atoms with Crippen molar-refractivity contribution in [2.75, 3.05) is 6.54 Å². The molecule has 0 bridgehead atoms. The summed E-state index contributed by atoms with van der Waals surface area (Å²) >= 11 is 2.07. The van der Waals surface area contributed by atoms with E-state index in [2.05, 4.69) is 56.0 Å². The number of nitrogens with one attached hydrogen (secondary N) is 1. The molecule has 1 aromatic carbocycles. The van der Waals surface area contributed by atoms with Crippen LogP contribution in [0.1, 0.15) is 43.9 Å². The summed E-state index contributed by atoms with van der Waals surface area (Å²) in [6.45, 7) is 7.75. The molecule has 1 N–H and O–H groups in total. The molecule has 1 heterocycles. The van der Waals surface area contributed by atoms with Gasteiger partial charge in [-0.15, -0.1) is 11.8 Å². The SMILES string of the molecule is CCCC1Sc2c(C)cccc2C1NCC. The summed E-state index contributed by atoms with van der Waals surface area (Å²) in [6.07, 6.45) is 2.57. The molecule has 0 amide bonds. The summed E-state index contributed by atoms with van der Waals surface area (Å²) < 4.78 is 0. The van der Waals surface area contributed by atoms with Gasteiger partial charge in [-0.2, -0.15) is 0 Å². The number of rotatable bonds is 4. The summed E-state index contributed by atoms with van der Waals surface area (Å²) in [5.74, 6) is 0. The fraction of sp³-hybridized carbons (Fsp3) is 0.571. The van der Waals surface area contributed by atoms with Gasteiger partial charge >= 0.3 is 0 Å². The van der Waals surface area contributed by atoms with E-state index < -0.39 is 0 Å². The lowest BCUT2D eigenvalue weighted by atomic mass is 9.99. The van der Waals surface area contributed by atoms with Gasteiger partial charge in [0, 0.05) is 16.2 Å². The van der Waals surface area contributed by atoms with Gasteiger partial charge in [0.2, 0.25) is 0 Å². The molecule has 2 unspecified atom stereocenters. The van der Waals surface area contributed by atoms with Crippen molar-refractivity contribution in [2.24, 2.45) is 0 Å². The molecule has 1 nitrogen and oxygen atoms in total. The smallest absolute Gasteiger partial charge is 0.0455 e. The second kappa shape index (κ2) is 5.24. The number of thioether (sulfide) groups is 1. The first-order chi connectivity index (χ1) is 7.77. The molecule has 2 rings (SSSR count). The van der Waals surface area contributed by atoms with E-state index in [9.17, 15) is 0 Å². The first kappa shape index (κ1) is 12.0. The quantitative estimate of drug-likeness (QED) is 0.849. The van der Waals surface area contributed by atoms with Crippen LogP contribution in [-0.2, 0) is 0 Å². The predicted molar refractivity (Wildman–Crippen MR) is 72.1 cm³/mol. The van der Waals surface area contributed by atoms with Crippen LogP contribution in [0.2, 0.25) is 0 Å². The predicted octanol–water partition coefficient (Wildman–Crippen LogP) is 3.92. The van der Waals surface area contributed by atoms with Crippen LogP contribution in [0.5, 0.6) is 0 Å². The number of fused-ring (bicyclic) bond motifs is 1. The molecule has 0 aromatic heterocycles. The van der Waals surface area contributed by atoms with Crippen LogP contribution in [0.15, 0.2) is 23.1 Å². The van der Waals surface area contributed by atoms with Crippen LogP contribution < -0.4 is 5.32 Å². The van der Waals surface area contributed by atoms with Crippen molar-refractivity contribution in [3.8, 4) is 0 Å². The molecule has 0 aliphatic carbocycles. The Hall–Kier alpha value is -0.470. The Morgan fingerprint density at radius 3 is 2.81 bits per heavy atom. The van der Waals surface area contributed by atoms with Gasteiger partial charge in [0.05, 0.1) is 0 Å². The molecule has 1 aromatic rings. The maximum Gasteiger partial charge on any atom is 0.0455 e. The molecule has 0 radical (unpaired) electrons. The number of hydrogen-bond donors (Lipinski definition) is 1.